The molecule has 0 rings (SSSR count). The Kier molecular flexibility index (Phi) is 12.3. The largest absolute Gasteiger partial charge is 0.198 e. The smallest absolute Gasteiger partial charge is 0.0905 e. The van der Waals surface area contributed by atoms with Gasteiger partial charge >= 0.3 is 0 Å². The van der Waals surface area contributed by atoms with Gasteiger partial charge in [-0.15, -0.1) is 0 Å². The predicted molar refractivity (Wildman–Crippen MR) is 40.9 cm³/mol. The van der Waals surface area contributed by atoms with Gasteiger partial charge < -0.3 is 0 Å². The lowest BCUT2D eigenvalue weighted by atomic mass is 10.2. The summed E-state index contributed by atoms with van der Waals surface area (Å²) in [6.45, 7) is 7.04. The van der Waals surface area contributed by atoms with Crippen LogP contribution >= 0.6 is 0 Å². The molecule has 2 nitrogen and oxygen atoms in total. The molecule has 10 heavy (non-hydrogen) atoms. The second-order valence-corrected chi connectivity index (χ2v) is 1.77. The lowest BCUT2D eigenvalue weighted by Gasteiger charge is -1.87. The van der Waals surface area contributed by atoms with Crippen molar-refractivity contribution < 1.29 is 0 Å². The van der Waals surface area contributed by atoms with Crippen molar-refractivity contribution >= 4 is 0 Å². The van der Waals surface area contributed by atoms with E-state index in [0.29, 0.717) is 0 Å². The summed E-state index contributed by atoms with van der Waals surface area (Å²) >= 11 is 0. The molecule has 0 fully saturated rings. The number of rotatable bonds is 1. The third-order valence-electron chi connectivity index (χ3n) is 0.924. The molecule has 0 aromatic carbocycles. The maximum atomic E-state index is 8.08. The molecule has 0 heterocycles. The molecular weight excluding hydrogens is 124 g/mol. The normalized spacial score (nSPS) is 9.20. The number of allylic oxidation sites excluding steroid dienone is 1. The fraction of sp³-hybridized carbons (Fsp3) is 0.500. The third-order valence-corrected chi connectivity index (χ3v) is 0.924. The van der Waals surface area contributed by atoms with E-state index in [4.69, 9.17) is 10.5 Å². The Morgan fingerprint density at radius 3 is 2.00 bits per heavy atom. The van der Waals surface area contributed by atoms with Crippen molar-refractivity contribution in [2.45, 2.75) is 20.3 Å². The summed E-state index contributed by atoms with van der Waals surface area (Å²) in [4.78, 5) is 0. The standard InChI is InChI=1S/C5H9N.C3H3N/c1-3-5(2)4-6;1-2-3-4/h5H,3H2,1-2H3;2H,1H2. The Balaban J connectivity index is 0. The zero-order chi connectivity index (χ0) is 8.41. The van der Waals surface area contributed by atoms with Gasteiger partial charge in [-0.05, 0) is 13.3 Å². The van der Waals surface area contributed by atoms with Crippen molar-refractivity contribution in [2.24, 2.45) is 5.92 Å². The molecule has 1 atom stereocenters. The van der Waals surface area contributed by atoms with Gasteiger partial charge in [0.15, 0.2) is 0 Å². The number of nitrogens with zero attached hydrogens (tertiary/aromatic N) is 2. The zero-order valence-corrected chi connectivity index (χ0v) is 6.46. The van der Waals surface area contributed by atoms with Crippen molar-refractivity contribution in [1.82, 2.24) is 0 Å². The van der Waals surface area contributed by atoms with Gasteiger partial charge in [0.05, 0.1) is 12.1 Å². The predicted octanol–water partition coefficient (Wildman–Crippen LogP) is 2.25. The third kappa shape index (κ3) is 15.9. The van der Waals surface area contributed by atoms with Crippen LogP contribution in [0.15, 0.2) is 12.7 Å². The number of hydrogen-bond donors (Lipinski definition) is 0. The van der Waals surface area contributed by atoms with Gasteiger partial charge in [-0.2, -0.15) is 10.5 Å². The van der Waals surface area contributed by atoms with E-state index < -0.39 is 0 Å². The summed E-state index contributed by atoms with van der Waals surface area (Å²) in [6, 6.07) is 3.81. The first-order chi connectivity index (χ1) is 4.72. The maximum absolute atomic E-state index is 8.08. The van der Waals surface area contributed by atoms with Crippen LogP contribution in [0, 0.1) is 28.6 Å². The summed E-state index contributed by atoms with van der Waals surface area (Å²) in [5.74, 6) is 0.241. The average molecular weight is 136 g/mol. The molecule has 0 N–H and O–H groups in total. The summed E-state index contributed by atoms with van der Waals surface area (Å²) in [7, 11) is 0. The fourth-order valence-corrected chi connectivity index (χ4v) is 0.0913. The van der Waals surface area contributed by atoms with Crippen molar-refractivity contribution in [2.75, 3.05) is 0 Å². The first-order valence-corrected chi connectivity index (χ1v) is 3.13. The molecule has 54 valence electrons. The molecule has 0 radical (unpaired) electrons. The summed E-state index contributed by atoms with van der Waals surface area (Å²) < 4.78 is 0. The van der Waals surface area contributed by atoms with Gasteiger partial charge in [-0.3, -0.25) is 0 Å². The van der Waals surface area contributed by atoms with Crippen LogP contribution in [-0.4, -0.2) is 0 Å². The van der Waals surface area contributed by atoms with E-state index in [1.165, 1.54) is 6.08 Å². The molecule has 0 bridgehead atoms. The molecule has 0 aliphatic heterocycles. The van der Waals surface area contributed by atoms with Gasteiger partial charge in [-0.1, -0.05) is 13.5 Å². The lowest BCUT2D eigenvalue weighted by molar-refractivity contribution is 0.713. The quantitative estimate of drug-likeness (QED) is 0.519. The van der Waals surface area contributed by atoms with Crippen LogP contribution in [0.3, 0.4) is 0 Å². The highest BCUT2D eigenvalue weighted by Gasteiger charge is 1.88. The molecular formula is C8H12N2. The van der Waals surface area contributed by atoms with E-state index in [2.05, 4.69) is 12.6 Å². The number of nitriles is 2. The van der Waals surface area contributed by atoms with Crippen LogP contribution < -0.4 is 0 Å². The zero-order valence-electron chi connectivity index (χ0n) is 6.46. The van der Waals surface area contributed by atoms with E-state index in [1.54, 1.807) is 6.07 Å². The molecule has 2 heteroatoms. The topological polar surface area (TPSA) is 47.6 Å². The van der Waals surface area contributed by atoms with Crippen LogP contribution in [0.2, 0.25) is 0 Å². The molecule has 0 saturated carbocycles. The molecule has 0 aliphatic carbocycles. The molecule has 1 unspecified atom stereocenters. The Morgan fingerprint density at radius 2 is 2.00 bits per heavy atom. The van der Waals surface area contributed by atoms with Crippen molar-refractivity contribution in [3.63, 3.8) is 0 Å². The van der Waals surface area contributed by atoms with Crippen LogP contribution in [0.1, 0.15) is 20.3 Å². The molecule has 0 spiro atoms. The Labute approximate surface area is 62.4 Å². The second kappa shape index (κ2) is 10.7. The first-order valence-electron chi connectivity index (χ1n) is 3.13. The highest BCUT2D eigenvalue weighted by Crippen LogP contribution is 1.94. The van der Waals surface area contributed by atoms with Crippen LogP contribution in [0.25, 0.3) is 0 Å². The Bertz CT molecular complexity index is 148. The maximum Gasteiger partial charge on any atom is 0.0905 e. The van der Waals surface area contributed by atoms with Crippen LogP contribution in [-0.2, 0) is 0 Å². The van der Waals surface area contributed by atoms with Crippen molar-refractivity contribution in [1.29, 1.82) is 10.5 Å². The Morgan fingerprint density at radius 1 is 1.60 bits per heavy atom. The van der Waals surface area contributed by atoms with Gasteiger partial charge in [0, 0.05) is 12.0 Å². The fourth-order valence-electron chi connectivity index (χ4n) is 0.0913. The summed E-state index contributed by atoms with van der Waals surface area (Å²) in [6.07, 6.45) is 2.15. The summed E-state index contributed by atoms with van der Waals surface area (Å²) in [5, 5.41) is 15.6. The molecule has 0 aromatic heterocycles. The number of hydrogen-bond acceptors (Lipinski definition) is 2. The van der Waals surface area contributed by atoms with Gasteiger partial charge in [0.1, 0.15) is 0 Å². The van der Waals surface area contributed by atoms with E-state index in [1.807, 2.05) is 13.8 Å². The highest BCUT2D eigenvalue weighted by molar-refractivity contribution is 4.93. The van der Waals surface area contributed by atoms with Crippen LogP contribution in [0.5, 0.6) is 0 Å². The van der Waals surface area contributed by atoms with E-state index >= 15 is 0 Å². The highest BCUT2D eigenvalue weighted by atomic mass is 14.2. The Hall–Kier alpha value is -1.28. The van der Waals surface area contributed by atoms with Gasteiger partial charge in [0.2, 0.25) is 0 Å². The summed E-state index contributed by atoms with van der Waals surface area (Å²) in [5.41, 5.74) is 0. The SMILES string of the molecule is C=CC#N.CCC(C)C#N. The van der Waals surface area contributed by atoms with Crippen molar-refractivity contribution in [3.8, 4) is 12.1 Å². The molecule has 0 saturated heterocycles. The minimum Gasteiger partial charge on any atom is -0.198 e. The molecule has 0 aliphatic rings. The van der Waals surface area contributed by atoms with E-state index in [-0.39, 0.29) is 5.92 Å². The van der Waals surface area contributed by atoms with E-state index in [9.17, 15) is 0 Å². The molecule has 0 amide bonds. The van der Waals surface area contributed by atoms with Gasteiger partial charge in [0.25, 0.3) is 0 Å². The first kappa shape index (κ1) is 11.5. The van der Waals surface area contributed by atoms with Crippen molar-refractivity contribution in [3.05, 3.63) is 12.7 Å². The average Bonchev–Trinajstić information content (AvgIpc) is 2.03. The molecule has 0 aromatic rings. The van der Waals surface area contributed by atoms with Gasteiger partial charge in [-0.25, -0.2) is 0 Å². The lowest BCUT2D eigenvalue weighted by Crippen LogP contribution is -1.81. The van der Waals surface area contributed by atoms with E-state index in [0.717, 1.165) is 6.42 Å². The van der Waals surface area contributed by atoms with Crippen LogP contribution in [0.4, 0.5) is 0 Å². The minimum absolute atomic E-state index is 0.241. The minimum atomic E-state index is 0.241. The monoisotopic (exact) mass is 136 g/mol. The second-order valence-electron chi connectivity index (χ2n) is 1.77.